The lowest BCUT2D eigenvalue weighted by molar-refractivity contribution is 0.341. The lowest BCUT2D eigenvalue weighted by Gasteiger charge is -2.09. The number of pyridine rings is 2. The maximum Gasteiger partial charge on any atom is 0.174 e. The van der Waals surface area contributed by atoms with E-state index in [0.29, 0.717) is 12.4 Å². The van der Waals surface area contributed by atoms with E-state index < -0.39 is 0 Å². The molecule has 0 bridgehead atoms. The number of hydrogen-bond acceptors (Lipinski definition) is 4. The minimum absolute atomic E-state index is 0.614. The van der Waals surface area contributed by atoms with E-state index >= 15 is 0 Å². The van der Waals surface area contributed by atoms with Crippen LogP contribution in [0.5, 0.6) is 5.75 Å². The van der Waals surface area contributed by atoms with Gasteiger partial charge in [0.2, 0.25) is 0 Å². The van der Waals surface area contributed by atoms with Gasteiger partial charge in [0, 0.05) is 12.4 Å². The van der Waals surface area contributed by atoms with Crippen molar-refractivity contribution in [2.24, 2.45) is 0 Å². The first-order valence-electron chi connectivity index (χ1n) is 5.16. The van der Waals surface area contributed by atoms with E-state index in [1.165, 1.54) is 0 Å². The Kier molecular flexibility index (Phi) is 3.33. The molecule has 16 heavy (non-hydrogen) atoms. The summed E-state index contributed by atoms with van der Waals surface area (Å²) in [6, 6.07) is 9.38. The lowest BCUT2D eigenvalue weighted by Crippen LogP contribution is -2.00. The number of aromatic nitrogens is 2. The highest BCUT2D eigenvalue weighted by Gasteiger charge is 2.03. The summed E-state index contributed by atoms with van der Waals surface area (Å²) in [5, 5.41) is 3.11. The predicted octanol–water partition coefficient (Wildman–Crippen LogP) is 2.62. The minimum atomic E-state index is 0.614. The molecule has 1 N–H and O–H groups in total. The summed E-state index contributed by atoms with van der Waals surface area (Å²) < 4.78 is 5.46. The quantitative estimate of drug-likeness (QED) is 0.851. The molecule has 2 aromatic rings. The molecule has 2 rings (SSSR count). The second-order valence-corrected chi connectivity index (χ2v) is 3.12. The molecule has 2 heterocycles. The highest BCUT2D eigenvalue weighted by molar-refractivity contribution is 5.58. The van der Waals surface area contributed by atoms with Crippen LogP contribution in [-0.4, -0.2) is 16.6 Å². The van der Waals surface area contributed by atoms with Crippen molar-refractivity contribution in [2.45, 2.75) is 6.92 Å². The molecule has 0 fully saturated rings. The predicted molar refractivity (Wildman–Crippen MR) is 62.9 cm³/mol. The first-order valence-corrected chi connectivity index (χ1v) is 5.16. The fourth-order valence-corrected chi connectivity index (χ4v) is 1.31. The Morgan fingerprint density at radius 3 is 2.75 bits per heavy atom. The minimum Gasteiger partial charge on any atom is -0.490 e. The fourth-order valence-electron chi connectivity index (χ4n) is 1.31. The van der Waals surface area contributed by atoms with Gasteiger partial charge in [-0.05, 0) is 31.2 Å². The maximum atomic E-state index is 5.46. The van der Waals surface area contributed by atoms with Gasteiger partial charge in [0.1, 0.15) is 5.82 Å². The van der Waals surface area contributed by atoms with Gasteiger partial charge in [-0.1, -0.05) is 6.07 Å². The number of ether oxygens (including phenoxy) is 1. The van der Waals surface area contributed by atoms with Crippen molar-refractivity contribution >= 4 is 11.6 Å². The van der Waals surface area contributed by atoms with Crippen LogP contribution >= 0.6 is 0 Å². The molecule has 0 saturated carbocycles. The van der Waals surface area contributed by atoms with E-state index in [1.807, 2.05) is 37.3 Å². The zero-order valence-corrected chi connectivity index (χ0v) is 9.05. The Labute approximate surface area is 94.3 Å². The molecule has 0 aliphatic rings. The van der Waals surface area contributed by atoms with Crippen LogP contribution in [0.25, 0.3) is 0 Å². The van der Waals surface area contributed by atoms with Crippen LogP contribution in [0.4, 0.5) is 11.6 Å². The molecule has 0 unspecified atom stereocenters. The zero-order chi connectivity index (χ0) is 11.2. The first-order chi connectivity index (χ1) is 7.90. The van der Waals surface area contributed by atoms with Gasteiger partial charge in [0.15, 0.2) is 11.6 Å². The van der Waals surface area contributed by atoms with Crippen LogP contribution in [0, 0.1) is 0 Å². The van der Waals surface area contributed by atoms with Crippen molar-refractivity contribution in [2.75, 3.05) is 11.9 Å². The third-order valence-electron chi connectivity index (χ3n) is 1.98. The van der Waals surface area contributed by atoms with Gasteiger partial charge in [0.25, 0.3) is 0 Å². The third-order valence-corrected chi connectivity index (χ3v) is 1.98. The largest absolute Gasteiger partial charge is 0.490 e. The second kappa shape index (κ2) is 5.11. The topological polar surface area (TPSA) is 47.0 Å². The van der Waals surface area contributed by atoms with Crippen LogP contribution < -0.4 is 10.1 Å². The monoisotopic (exact) mass is 215 g/mol. The van der Waals surface area contributed by atoms with Crippen LogP contribution in [0.15, 0.2) is 42.7 Å². The maximum absolute atomic E-state index is 5.46. The summed E-state index contributed by atoms with van der Waals surface area (Å²) in [5.74, 6) is 2.17. The van der Waals surface area contributed by atoms with Crippen LogP contribution in [0.3, 0.4) is 0 Å². The number of anilines is 2. The Morgan fingerprint density at radius 1 is 1.12 bits per heavy atom. The molecule has 2 aromatic heterocycles. The van der Waals surface area contributed by atoms with Crippen molar-refractivity contribution in [3.63, 3.8) is 0 Å². The van der Waals surface area contributed by atoms with Gasteiger partial charge >= 0.3 is 0 Å². The first kappa shape index (κ1) is 10.4. The number of nitrogens with zero attached hydrogens (tertiary/aromatic N) is 2. The Balaban J connectivity index is 2.21. The van der Waals surface area contributed by atoms with Gasteiger partial charge in [-0.3, -0.25) is 0 Å². The molecule has 0 amide bonds. The highest BCUT2D eigenvalue weighted by Crippen LogP contribution is 2.23. The lowest BCUT2D eigenvalue weighted by atomic mass is 10.4. The summed E-state index contributed by atoms with van der Waals surface area (Å²) in [4.78, 5) is 8.39. The number of rotatable bonds is 4. The molecule has 0 aromatic carbocycles. The highest BCUT2D eigenvalue weighted by atomic mass is 16.5. The van der Waals surface area contributed by atoms with Crippen LogP contribution in [0.2, 0.25) is 0 Å². The summed E-state index contributed by atoms with van der Waals surface area (Å²) in [6.45, 7) is 2.56. The summed E-state index contributed by atoms with van der Waals surface area (Å²) in [7, 11) is 0. The van der Waals surface area contributed by atoms with Crippen molar-refractivity contribution in [1.82, 2.24) is 9.97 Å². The SMILES string of the molecule is CCOc1cccnc1Nc1ccccn1. The Morgan fingerprint density at radius 2 is 2.00 bits per heavy atom. The van der Waals surface area contributed by atoms with Gasteiger partial charge in [-0.2, -0.15) is 0 Å². The molecular formula is C12H13N3O. The Bertz CT molecular complexity index is 445. The van der Waals surface area contributed by atoms with Crippen molar-refractivity contribution in [3.05, 3.63) is 42.7 Å². The summed E-state index contributed by atoms with van der Waals surface area (Å²) in [6.07, 6.45) is 3.44. The van der Waals surface area contributed by atoms with Gasteiger partial charge < -0.3 is 10.1 Å². The second-order valence-electron chi connectivity index (χ2n) is 3.12. The van der Waals surface area contributed by atoms with Gasteiger partial charge in [0.05, 0.1) is 6.61 Å². The van der Waals surface area contributed by atoms with E-state index in [0.717, 1.165) is 11.6 Å². The van der Waals surface area contributed by atoms with Gasteiger partial charge in [-0.15, -0.1) is 0 Å². The molecule has 4 heteroatoms. The van der Waals surface area contributed by atoms with Crippen LogP contribution in [-0.2, 0) is 0 Å². The van der Waals surface area contributed by atoms with E-state index in [1.54, 1.807) is 12.4 Å². The van der Waals surface area contributed by atoms with E-state index in [-0.39, 0.29) is 0 Å². The van der Waals surface area contributed by atoms with Crippen molar-refractivity contribution in [1.29, 1.82) is 0 Å². The van der Waals surface area contributed by atoms with Crippen molar-refractivity contribution < 1.29 is 4.74 Å². The molecule has 0 saturated heterocycles. The average Bonchev–Trinajstić information content (AvgIpc) is 2.33. The molecule has 4 nitrogen and oxygen atoms in total. The normalized spacial score (nSPS) is 9.81. The van der Waals surface area contributed by atoms with Crippen molar-refractivity contribution in [3.8, 4) is 5.75 Å². The number of nitrogens with one attached hydrogen (secondary N) is 1. The molecule has 82 valence electrons. The molecule has 0 spiro atoms. The molecule has 0 aliphatic heterocycles. The Hall–Kier alpha value is -2.10. The molecule has 0 radical (unpaired) electrons. The van der Waals surface area contributed by atoms with Gasteiger partial charge in [-0.25, -0.2) is 9.97 Å². The van der Waals surface area contributed by atoms with Crippen LogP contribution in [0.1, 0.15) is 6.92 Å². The fraction of sp³-hybridized carbons (Fsp3) is 0.167. The van der Waals surface area contributed by atoms with E-state index in [2.05, 4.69) is 15.3 Å². The molecule has 0 aliphatic carbocycles. The molecule has 0 atom stereocenters. The standard InChI is InChI=1S/C12H13N3O/c1-2-16-10-6-5-9-14-12(10)15-11-7-3-4-8-13-11/h3-9H,2H2,1H3,(H,13,14,15). The van der Waals surface area contributed by atoms with E-state index in [4.69, 9.17) is 4.74 Å². The number of hydrogen-bond donors (Lipinski definition) is 1. The van der Waals surface area contributed by atoms with E-state index in [9.17, 15) is 0 Å². The third kappa shape index (κ3) is 2.48. The molecular weight excluding hydrogens is 202 g/mol. The zero-order valence-electron chi connectivity index (χ0n) is 9.05. The summed E-state index contributed by atoms with van der Waals surface area (Å²) in [5.41, 5.74) is 0. The summed E-state index contributed by atoms with van der Waals surface area (Å²) >= 11 is 0. The smallest absolute Gasteiger partial charge is 0.174 e. The average molecular weight is 215 g/mol.